The second kappa shape index (κ2) is 10.2. The van der Waals surface area contributed by atoms with Gasteiger partial charge in [-0.15, -0.1) is 0 Å². The Labute approximate surface area is 218 Å². The van der Waals surface area contributed by atoms with E-state index in [4.69, 9.17) is 4.98 Å². The monoisotopic (exact) mass is 494 g/mol. The van der Waals surface area contributed by atoms with Crippen molar-refractivity contribution >= 4 is 28.5 Å². The van der Waals surface area contributed by atoms with E-state index in [2.05, 4.69) is 0 Å². The summed E-state index contributed by atoms with van der Waals surface area (Å²) in [5.41, 5.74) is 6.04. The van der Waals surface area contributed by atoms with E-state index in [1.165, 1.54) is 0 Å². The molecule has 0 radical (unpaired) electrons. The molecule has 4 aromatic rings. The molecule has 1 saturated heterocycles. The van der Waals surface area contributed by atoms with Gasteiger partial charge in [0.15, 0.2) is 0 Å². The molecule has 0 saturated carbocycles. The summed E-state index contributed by atoms with van der Waals surface area (Å²) in [7, 11) is 0. The smallest absolute Gasteiger partial charge is 0.243 e. The van der Waals surface area contributed by atoms with Gasteiger partial charge in [-0.05, 0) is 56.5 Å². The molecule has 2 amide bonds. The van der Waals surface area contributed by atoms with Crippen molar-refractivity contribution < 1.29 is 9.59 Å². The fraction of sp³-hybridized carbons (Fsp3) is 0.323. The third-order valence-electron chi connectivity index (χ3n) is 7.32. The highest BCUT2D eigenvalue weighted by Crippen LogP contribution is 2.36. The number of rotatable bonds is 7. The molecule has 1 unspecified atom stereocenters. The number of imidazole rings is 1. The lowest BCUT2D eigenvalue weighted by Crippen LogP contribution is -2.39. The topological polar surface area (TPSA) is 58.4 Å². The Hall–Kier alpha value is -3.93. The second-order valence-corrected chi connectivity index (χ2v) is 10.3. The van der Waals surface area contributed by atoms with E-state index < -0.39 is 0 Å². The number of nitrogens with zero attached hydrogens (tertiary/aromatic N) is 4. The predicted molar refractivity (Wildman–Crippen MR) is 147 cm³/mol. The van der Waals surface area contributed by atoms with Crippen LogP contribution in [0.3, 0.4) is 0 Å². The zero-order valence-corrected chi connectivity index (χ0v) is 22.0. The fourth-order valence-electron chi connectivity index (χ4n) is 5.46. The van der Waals surface area contributed by atoms with E-state index in [1.54, 1.807) is 0 Å². The van der Waals surface area contributed by atoms with Crippen LogP contribution in [-0.2, 0) is 22.7 Å². The Bertz CT molecular complexity index is 1420. The molecule has 6 heteroatoms. The summed E-state index contributed by atoms with van der Waals surface area (Å²) in [6.45, 7) is 9.49. The van der Waals surface area contributed by atoms with Crippen molar-refractivity contribution in [2.24, 2.45) is 0 Å². The van der Waals surface area contributed by atoms with Crippen molar-refractivity contribution in [3.05, 3.63) is 95.3 Å². The molecule has 5 rings (SSSR count). The normalized spacial score (nSPS) is 15.6. The molecule has 3 aromatic carbocycles. The fourth-order valence-corrected chi connectivity index (χ4v) is 5.46. The Kier molecular flexibility index (Phi) is 6.83. The first-order valence-corrected chi connectivity index (χ1v) is 13.0. The first-order valence-electron chi connectivity index (χ1n) is 13.0. The minimum atomic E-state index is -0.0895. The van der Waals surface area contributed by atoms with Gasteiger partial charge in [0.05, 0.1) is 11.0 Å². The van der Waals surface area contributed by atoms with Crippen LogP contribution in [0.2, 0.25) is 0 Å². The molecule has 1 aliphatic heterocycles. The molecule has 190 valence electrons. The first-order chi connectivity index (χ1) is 17.8. The number of benzene rings is 3. The summed E-state index contributed by atoms with van der Waals surface area (Å²) < 4.78 is 2.03. The molecule has 1 aromatic heterocycles. The quantitative estimate of drug-likeness (QED) is 0.336. The van der Waals surface area contributed by atoms with Crippen LogP contribution in [0.1, 0.15) is 48.7 Å². The number of amides is 2. The van der Waals surface area contributed by atoms with Gasteiger partial charge in [0.25, 0.3) is 0 Å². The number of anilines is 1. The molecule has 37 heavy (non-hydrogen) atoms. The minimum absolute atomic E-state index is 0.0409. The summed E-state index contributed by atoms with van der Waals surface area (Å²) >= 11 is 0. The highest BCUT2D eigenvalue weighted by Gasteiger charge is 2.36. The van der Waals surface area contributed by atoms with Crippen molar-refractivity contribution in [1.29, 1.82) is 0 Å². The Morgan fingerprint density at radius 2 is 1.65 bits per heavy atom. The predicted octanol–water partition coefficient (Wildman–Crippen LogP) is 5.61. The van der Waals surface area contributed by atoms with Crippen LogP contribution in [0.25, 0.3) is 11.0 Å². The molecule has 1 atom stereocenters. The average Bonchev–Trinajstić information content (AvgIpc) is 3.43. The lowest BCUT2D eigenvalue weighted by Gasteiger charge is -2.28. The lowest BCUT2D eigenvalue weighted by atomic mass is 10.1. The maximum absolute atomic E-state index is 13.7. The van der Waals surface area contributed by atoms with Crippen LogP contribution in [0.4, 0.5) is 5.69 Å². The van der Waals surface area contributed by atoms with Crippen LogP contribution >= 0.6 is 0 Å². The number of para-hydroxylation sites is 3. The largest absolute Gasteiger partial charge is 0.334 e. The van der Waals surface area contributed by atoms with Crippen molar-refractivity contribution in [3.8, 4) is 0 Å². The Morgan fingerprint density at radius 3 is 2.35 bits per heavy atom. The maximum Gasteiger partial charge on any atom is 0.243 e. The lowest BCUT2D eigenvalue weighted by molar-refractivity contribution is -0.134. The number of hydrogen-bond donors (Lipinski definition) is 0. The number of fused-ring (bicyclic) bond motifs is 1. The van der Waals surface area contributed by atoms with E-state index in [0.29, 0.717) is 19.5 Å². The number of aryl methyl sites for hydroxylation is 2. The summed E-state index contributed by atoms with van der Waals surface area (Å²) in [6.07, 6.45) is 0.378. The molecule has 0 bridgehead atoms. The zero-order valence-electron chi connectivity index (χ0n) is 22.0. The van der Waals surface area contributed by atoms with Crippen LogP contribution in [0, 0.1) is 13.8 Å². The summed E-state index contributed by atoms with van der Waals surface area (Å²) in [5, 5.41) is 0. The van der Waals surface area contributed by atoms with E-state index in [1.807, 2.05) is 115 Å². The maximum atomic E-state index is 13.7. The van der Waals surface area contributed by atoms with Crippen LogP contribution in [0.5, 0.6) is 0 Å². The van der Waals surface area contributed by atoms with E-state index in [9.17, 15) is 9.59 Å². The third kappa shape index (κ3) is 4.88. The number of carbonyl (C=O) groups excluding carboxylic acids is 2. The van der Waals surface area contributed by atoms with Gasteiger partial charge in [0.2, 0.25) is 11.8 Å². The van der Waals surface area contributed by atoms with Gasteiger partial charge in [-0.1, -0.05) is 60.7 Å². The van der Waals surface area contributed by atoms with Crippen LogP contribution in [0.15, 0.2) is 72.8 Å². The highest BCUT2D eigenvalue weighted by molar-refractivity contribution is 5.98. The van der Waals surface area contributed by atoms with Crippen LogP contribution < -0.4 is 4.90 Å². The second-order valence-electron chi connectivity index (χ2n) is 10.3. The molecular weight excluding hydrogens is 460 g/mol. The summed E-state index contributed by atoms with van der Waals surface area (Å²) in [6, 6.07) is 24.2. The molecule has 1 fully saturated rings. The molecule has 0 aliphatic carbocycles. The molecule has 0 N–H and O–H groups in total. The van der Waals surface area contributed by atoms with Gasteiger partial charge in [-0.25, -0.2) is 4.98 Å². The number of carbonyl (C=O) groups is 2. The molecule has 2 heterocycles. The van der Waals surface area contributed by atoms with Gasteiger partial charge >= 0.3 is 0 Å². The van der Waals surface area contributed by atoms with Crippen molar-refractivity contribution in [3.63, 3.8) is 0 Å². The molecule has 1 aliphatic rings. The zero-order chi connectivity index (χ0) is 26.1. The summed E-state index contributed by atoms with van der Waals surface area (Å²) in [5.74, 6) is 0.854. The van der Waals surface area contributed by atoms with Gasteiger partial charge in [0, 0.05) is 37.2 Å². The first kappa shape index (κ1) is 24.8. The van der Waals surface area contributed by atoms with Gasteiger partial charge < -0.3 is 14.4 Å². The van der Waals surface area contributed by atoms with E-state index in [0.717, 1.165) is 39.2 Å². The molecule has 6 nitrogen and oxygen atoms in total. The van der Waals surface area contributed by atoms with Crippen molar-refractivity contribution in [2.45, 2.75) is 59.2 Å². The summed E-state index contributed by atoms with van der Waals surface area (Å²) in [4.78, 5) is 35.7. The van der Waals surface area contributed by atoms with Gasteiger partial charge in [0.1, 0.15) is 12.4 Å². The molecule has 0 spiro atoms. The number of aromatic nitrogens is 2. The van der Waals surface area contributed by atoms with E-state index in [-0.39, 0.29) is 30.3 Å². The van der Waals surface area contributed by atoms with Crippen molar-refractivity contribution in [1.82, 2.24) is 14.5 Å². The SMILES string of the molecule is Cc1cccc(C)c1N1CC(c2nc3ccccc3n2CC(=O)N(Cc2ccccc2)C(C)C)CC1=O. The van der Waals surface area contributed by atoms with Gasteiger partial charge in [-0.3, -0.25) is 9.59 Å². The van der Waals surface area contributed by atoms with Crippen molar-refractivity contribution in [2.75, 3.05) is 11.4 Å². The van der Waals surface area contributed by atoms with Gasteiger partial charge in [-0.2, -0.15) is 0 Å². The third-order valence-corrected chi connectivity index (χ3v) is 7.32. The standard InChI is InChI=1S/C31H34N4O2/c1-21(2)33(18-24-13-6-5-7-14-24)29(37)20-34-27-16-9-8-15-26(27)32-31(34)25-17-28(36)35(19-25)30-22(3)11-10-12-23(30)4/h5-16,21,25H,17-20H2,1-4H3. The molecular formula is C31H34N4O2. The Morgan fingerprint density at radius 1 is 0.973 bits per heavy atom. The minimum Gasteiger partial charge on any atom is -0.334 e. The number of hydrogen-bond acceptors (Lipinski definition) is 3. The Balaban J connectivity index is 1.47. The highest BCUT2D eigenvalue weighted by atomic mass is 16.2. The van der Waals surface area contributed by atoms with E-state index >= 15 is 0 Å². The average molecular weight is 495 g/mol. The van der Waals surface area contributed by atoms with Crippen LogP contribution in [-0.4, -0.2) is 38.9 Å².